The summed E-state index contributed by atoms with van der Waals surface area (Å²) in [6.45, 7) is 3.25. The largest absolute Gasteiger partial charge is 0.287 e. The van der Waals surface area contributed by atoms with E-state index in [4.69, 9.17) is 5.26 Å². The third-order valence-electron chi connectivity index (χ3n) is 2.97. The van der Waals surface area contributed by atoms with Crippen molar-refractivity contribution in [2.45, 2.75) is 38.6 Å². The number of sulfone groups is 1. The fourth-order valence-corrected chi connectivity index (χ4v) is 3.41. The van der Waals surface area contributed by atoms with E-state index in [1.165, 1.54) is 0 Å². The summed E-state index contributed by atoms with van der Waals surface area (Å²) in [5.41, 5.74) is 0. The third kappa shape index (κ3) is 4.11. The van der Waals surface area contributed by atoms with Crippen molar-refractivity contribution in [2.24, 2.45) is 0 Å². The van der Waals surface area contributed by atoms with Crippen molar-refractivity contribution in [1.29, 1.82) is 5.26 Å². The highest BCUT2D eigenvalue weighted by Crippen LogP contribution is 2.16. The molecule has 1 fully saturated rings. The first-order valence-corrected chi connectivity index (χ1v) is 7.75. The lowest BCUT2D eigenvalue weighted by molar-refractivity contribution is 0.195. The summed E-state index contributed by atoms with van der Waals surface area (Å²) < 4.78 is 23.1. The predicted octanol–water partition coefficient (Wildman–Crippen LogP) is 1.19. The first-order chi connectivity index (χ1) is 7.59. The zero-order chi connectivity index (χ0) is 12.0. The second-order valence-electron chi connectivity index (χ2n) is 4.33. The first-order valence-electron chi connectivity index (χ1n) is 5.93. The van der Waals surface area contributed by atoms with Crippen molar-refractivity contribution in [3.63, 3.8) is 0 Å². The molecule has 1 rings (SSSR count). The molecule has 1 unspecified atom stereocenters. The average Bonchev–Trinajstić information content (AvgIpc) is 2.27. The summed E-state index contributed by atoms with van der Waals surface area (Å²) in [4.78, 5) is 2.01. The van der Waals surface area contributed by atoms with Crippen LogP contribution in [-0.2, 0) is 9.84 Å². The van der Waals surface area contributed by atoms with Gasteiger partial charge >= 0.3 is 0 Å². The topological polar surface area (TPSA) is 61.2 Å². The summed E-state index contributed by atoms with van der Waals surface area (Å²) in [7, 11) is -2.91. The third-order valence-corrected chi connectivity index (χ3v) is 4.80. The molecule has 16 heavy (non-hydrogen) atoms. The molecule has 0 bridgehead atoms. The minimum absolute atomic E-state index is 0.0782. The van der Waals surface area contributed by atoms with Crippen molar-refractivity contribution in [3.05, 3.63) is 0 Å². The second-order valence-corrected chi connectivity index (χ2v) is 6.63. The molecular weight excluding hydrogens is 224 g/mol. The summed E-state index contributed by atoms with van der Waals surface area (Å²) in [5, 5.41) is 8.95. The van der Waals surface area contributed by atoms with E-state index in [1.807, 2.05) is 11.8 Å². The number of piperidine rings is 1. The fraction of sp³-hybridized carbons (Fsp3) is 0.909. The molecule has 0 aromatic heterocycles. The van der Waals surface area contributed by atoms with Gasteiger partial charge in [-0.2, -0.15) is 5.26 Å². The Labute approximate surface area is 98.2 Å². The molecule has 1 heterocycles. The van der Waals surface area contributed by atoms with Crippen LogP contribution >= 0.6 is 0 Å². The van der Waals surface area contributed by atoms with Gasteiger partial charge in [-0.25, -0.2) is 8.42 Å². The number of nitrogens with zero attached hydrogens (tertiary/aromatic N) is 2. The van der Waals surface area contributed by atoms with E-state index in [2.05, 4.69) is 6.07 Å². The SMILES string of the molecule is CCCS(=O)(=O)CCN1CCCCC1C#N. The van der Waals surface area contributed by atoms with E-state index in [0.717, 1.165) is 25.8 Å². The van der Waals surface area contributed by atoms with Gasteiger partial charge in [0.15, 0.2) is 9.84 Å². The van der Waals surface area contributed by atoms with Crippen LogP contribution in [0.5, 0.6) is 0 Å². The lowest BCUT2D eigenvalue weighted by Crippen LogP contribution is -2.41. The van der Waals surface area contributed by atoms with Crippen molar-refractivity contribution < 1.29 is 8.42 Å². The fourth-order valence-electron chi connectivity index (χ4n) is 2.07. The highest BCUT2D eigenvalue weighted by Gasteiger charge is 2.23. The molecule has 0 aromatic carbocycles. The molecule has 0 aromatic rings. The van der Waals surface area contributed by atoms with Crippen LogP contribution in [0.15, 0.2) is 0 Å². The van der Waals surface area contributed by atoms with E-state index in [0.29, 0.717) is 13.0 Å². The lowest BCUT2D eigenvalue weighted by atomic mass is 10.0. The zero-order valence-electron chi connectivity index (χ0n) is 9.85. The molecule has 1 aliphatic heterocycles. The Balaban J connectivity index is 2.45. The van der Waals surface area contributed by atoms with Gasteiger partial charge in [0, 0.05) is 12.3 Å². The monoisotopic (exact) mass is 244 g/mol. The Kier molecular flexibility index (Phi) is 5.23. The summed E-state index contributed by atoms with van der Waals surface area (Å²) in [6.07, 6.45) is 3.71. The molecule has 0 saturated carbocycles. The van der Waals surface area contributed by atoms with Gasteiger partial charge in [0.05, 0.1) is 17.9 Å². The molecule has 0 radical (unpaired) electrons. The Bertz CT molecular complexity index is 345. The maximum Gasteiger partial charge on any atom is 0.151 e. The van der Waals surface area contributed by atoms with Crippen LogP contribution in [0.2, 0.25) is 0 Å². The molecule has 4 nitrogen and oxygen atoms in total. The van der Waals surface area contributed by atoms with Crippen LogP contribution < -0.4 is 0 Å². The Morgan fingerprint density at radius 3 is 2.75 bits per heavy atom. The van der Waals surface area contributed by atoms with Gasteiger partial charge < -0.3 is 0 Å². The molecule has 5 heteroatoms. The molecule has 0 spiro atoms. The van der Waals surface area contributed by atoms with Crippen molar-refractivity contribution in [2.75, 3.05) is 24.6 Å². The molecule has 1 atom stereocenters. The highest BCUT2D eigenvalue weighted by molar-refractivity contribution is 7.91. The summed E-state index contributed by atoms with van der Waals surface area (Å²) in [6, 6.07) is 2.18. The minimum atomic E-state index is -2.91. The van der Waals surface area contributed by atoms with Crippen molar-refractivity contribution >= 4 is 9.84 Å². The molecule has 0 aliphatic carbocycles. The second kappa shape index (κ2) is 6.21. The lowest BCUT2D eigenvalue weighted by Gasteiger charge is -2.30. The molecule has 0 amide bonds. The summed E-state index contributed by atoms with van der Waals surface area (Å²) in [5.74, 6) is 0.455. The quantitative estimate of drug-likeness (QED) is 0.729. The Hall–Kier alpha value is -0.600. The van der Waals surface area contributed by atoms with Crippen LogP contribution in [0.25, 0.3) is 0 Å². The first kappa shape index (κ1) is 13.5. The molecule has 0 N–H and O–H groups in total. The van der Waals surface area contributed by atoms with Crippen molar-refractivity contribution in [1.82, 2.24) is 4.90 Å². The van der Waals surface area contributed by atoms with Crippen LogP contribution in [0.3, 0.4) is 0 Å². The van der Waals surface area contributed by atoms with Gasteiger partial charge in [-0.3, -0.25) is 4.90 Å². The Morgan fingerprint density at radius 1 is 1.38 bits per heavy atom. The van der Waals surface area contributed by atoms with Crippen LogP contribution in [-0.4, -0.2) is 44.0 Å². The zero-order valence-corrected chi connectivity index (χ0v) is 10.7. The number of hydrogen-bond donors (Lipinski definition) is 0. The van der Waals surface area contributed by atoms with E-state index in [-0.39, 0.29) is 17.5 Å². The molecule has 1 saturated heterocycles. The van der Waals surface area contributed by atoms with Crippen LogP contribution in [0.4, 0.5) is 0 Å². The van der Waals surface area contributed by atoms with Crippen LogP contribution in [0, 0.1) is 11.3 Å². The van der Waals surface area contributed by atoms with Gasteiger partial charge in [0.2, 0.25) is 0 Å². The number of hydrogen-bond acceptors (Lipinski definition) is 4. The molecular formula is C11H20N2O2S. The standard InChI is InChI=1S/C11H20N2O2S/c1-2-8-16(14,15)9-7-13-6-4-3-5-11(13)10-12/h11H,2-9H2,1H3. The molecule has 92 valence electrons. The molecule has 1 aliphatic rings. The van der Waals surface area contributed by atoms with E-state index < -0.39 is 9.84 Å². The van der Waals surface area contributed by atoms with Gasteiger partial charge in [-0.15, -0.1) is 0 Å². The number of likely N-dealkylation sites (tertiary alicyclic amines) is 1. The van der Waals surface area contributed by atoms with E-state index in [1.54, 1.807) is 0 Å². The van der Waals surface area contributed by atoms with E-state index >= 15 is 0 Å². The maximum atomic E-state index is 11.6. The number of nitriles is 1. The van der Waals surface area contributed by atoms with Gasteiger partial charge in [-0.1, -0.05) is 6.92 Å². The maximum absolute atomic E-state index is 11.6. The van der Waals surface area contributed by atoms with Gasteiger partial charge in [0.1, 0.15) is 0 Å². The van der Waals surface area contributed by atoms with Gasteiger partial charge in [-0.05, 0) is 32.2 Å². The predicted molar refractivity (Wildman–Crippen MR) is 63.8 cm³/mol. The smallest absolute Gasteiger partial charge is 0.151 e. The highest BCUT2D eigenvalue weighted by atomic mass is 32.2. The minimum Gasteiger partial charge on any atom is -0.287 e. The average molecular weight is 244 g/mol. The van der Waals surface area contributed by atoms with E-state index in [9.17, 15) is 8.42 Å². The van der Waals surface area contributed by atoms with Crippen molar-refractivity contribution in [3.8, 4) is 6.07 Å². The Morgan fingerprint density at radius 2 is 2.12 bits per heavy atom. The summed E-state index contributed by atoms with van der Waals surface area (Å²) >= 11 is 0. The van der Waals surface area contributed by atoms with Crippen LogP contribution in [0.1, 0.15) is 32.6 Å². The number of rotatable bonds is 5. The normalized spacial score (nSPS) is 22.9. The van der Waals surface area contributed by atoms with Gasteiger partial charge in [0.25, 0.3) is 0 Å².